The second kappa shape index (κ2) is 7.09. The number of hydrogen-bond donors (Lipinski definition) is 1. The molecule has 1 fully saturated rings. The van der Waals surface area contributed by atoms with Crippen LogP contribution in [-0.4, -0.2) is 55.6 Å². The van der Waals surface area contributed by atoms with Crippen molar-refractivity contribution in [2.45, 2.75) is 6.10 Å². The second-order valence-electron chi connectivity index (χ2n) is 4.31. The van der Waals surface area contributed by atoms with Crippen LogP contribution in [-0.2, 0) is 4.74 Å². The Hall–Kier alpha value is -0.620. The molecule has 1 saturated heterocycles. The molecular formula is C13H18BrNO3. The van der Waals surface area contributed by atoms with Crippen LogP contribution in [0.5, 0.6) is 5.75 Å². The molecule has 0 aromatic heterocycles. The molecule has 1 aromatic rings. The van der Waals surface area contributed by atoms with Gasteiger partial charge in [0, 0.05) is 19.6 Å². The van der Waals surface area contributed by atoms with E-state index >= 15 is 0 Å². The highest BCUT2D eigenvalue weighted by molar-refractivity contribution is 9.10. The smallest absolute Gasteiger partial charge is 0.133 e. The van der Waals surface area contributed by atoms with Crippen LogP contribution in [0.4, 0.5) is 0 Å². The van der Waals surface area contributed by atoms with E-state index in [1.807, 2.05) is 24.3 Å². The Morgan fingerprint density at radius 3 is 2.78 bits per heavy atom. The Morgan fingerprint density at radius 2 is 2.06 bits per heavy atom. The van der Waals surface area contributed by atoms with Crippen molar-refractivity contribution in [3.8, 4) is 5.75 Å². The first-order chi connectivity index (χ1) is 8.75. The lowest BCUT2D eigenvalue weighted by molar-refractivity contribution is 0.00459. The number of aliphatic hydroxyl groups excluding tert-OH is 1. The summed E-state index contributed by atoms with van der Waals surface area (Å²) in [7, 11) is 0. The van der Waals surface area contributed by atoms with Gasteiger partial charge >= 0.3 is 0 Å². The van der Waals surface area contributed by atoms with Gasteiger partial charge in [-0.1, -0.05) is 12.1 Å². The Kier molecular flexibility index (Phi) is 5.44. The molecule has 100 valence electrons. The van der Waals surface area contributed by atoms with E-state index in [9.17, 15) is 5.11 Å². The summed E-state index contributed by atoms with van der Waals surface area (Å²) < 4.78 is 11.8. The van der Waals surface area contributed by atoms with E-state index in [4.69, 9.17) is 9.47 Å². The number of para-hydroxylation sites is 1. The van der Waals surface area contributed by atoms with Gasteiger partial charge in [0.2, 0.25) is 0 Å². The van der Waals surface area contributed by atoms with Crippen molar-refractivity contribution in [1.82, 2.24) is 4.90 Å². The highest BCUT2D eigenvalue weighted by atomic mass is 79.9. The van der Waals surface area contributed by atoms with E-state index in [0.717, 1.165) is 36.5 Å². The standard InChI is InChI=1S/C13H18BrNO3/c14-12-3-1-2-4-13(12)18-10-11(16)9-15-5-7-17-8-6-15/h1-4,11,16H,5-10H2/t11-/m1/s1. The number of β-amino-alcohol motifs (C(OH)–C–C–N with tert-alkyl or cyclic N) is 1. The van der Waals surface area contributed by atoms with Gasteiger partial charge in [0.15, 0.2) is 0 Å². The summed E-state index contributed by atoms with van der Waals surface area (Å²) >= 11 is 3.41. The van der Waals surface area contributed by atoms with Crippen molar-refractivity contribution < 1.29 is 14.6 Å². The summed E-state index contributed by atoms with van der Waals surface area (Å²) in [5.74, 6) is 0.763. The maximum atomic E-state index is 9.93. The topological polar surface area (TPSA) is 41.9 Å². The predicted molar refractivity (Wildman–Crippen MR) is 72.9 cm³/mol. The monoisotopic (exact) mass is 315 g/mol. The molecule has 0 saturated carbocycles. The molecule has 0 amide bonds. The van der Waals surface area contributed by atoms with Crippen molar-refractivity contribution >= 4 is 15.9 Å². The molecule has 0 bridgehead atoms. The highest BCUT2D eigenvalue weighted by Gasteiger charge is 2.15. The number of morpholine rings is 1. The lowest BCUT2D eigenvalue weighted by Gasteiger charge is -2.28. The van der Waals surface area contributed by atoms with Gasteiger partial charge in [-0.3, -0.25) is 4.90 Å². The molecule has 1 heterocycles. The largest absolute Gasteiger partial charge is 0.490 e. The maximum Gasteiger partial charge on any atom is 0.133 e. The first-order valence-electron chi connectivity index (χ1n) is 6.11. The average molecular weight is 316 g/mol. The zero-order valence-electron chi connectivity index (χ0n) is 10.2. The SMILES string of the molecule is O[C@@H](COc1ccccc1Br)CN1CCOCC1. The average Bonchev–Trinajstić information content (AvgIpc) is 2.39. The first kappa shape index (κ1) is 13.8. The molecule has 0 spiro atoms. The van der Waals surface area contributed by atoms with Gasteiger partial charge in [-0.25, -0.2) is 0 Å². The van der Waals surface area contributed by atoms with Crippen LogP contribution in [0.15, 0.2) is 28.7 Å². The van der Waals surface area contributed by atoms with E-state index in [2.05, 4.69) is 20.8 Å². The Bertz CT molecular complexity index is 369. The molecule has 0 aliphatic carbocycles. The molecule has 0 unspecified atom stereocenters. The molecule has 5 heteroatoms. The summed E-state index contributed by atoms with van der Waals surface area (Å²) in [5.41, 5.74) is 0. The Balaban J connectivity index is 1.74. The molecule has 1 aliphatic heterocycles. The Labute approximate surface area is 116 Å². The number of halogens is 1. The number of ether oxygens (including phenoxy) is 2. The summed E-state index contributed by atoms with van der Waals surface area (Å²) in [6, 6.07) is 7.64. The van der Waals surface area contributed by atoms with Crippen LogP contribution >= 0.6 is 15.9 Å². The van der Waals surface area contributed by atoms with Crippen LogP contribution in [0.3, 0.4) is 0 Å². The quantitative estimate of drug-likeness (QED) is 0.894. The normalized spacial score (nSPS) is 18.6. The van der Waals surface area contributed by atoms with Crippen LogP contribution in [0.2, 0.25) is 0 Å². The zero-order valence-corrected chi connectivity index (χ0v) is 11.8. The maximum absolute atomic E-state index is 9.93. The molecule has 1 aliphatic rings. The molecule has 2 rings (SSSR count). The van der Waals surface area contributed by atoms with Crippen LogP contribution in [0.25, 0.3) is 0 Å². The third kappa shape index (κ3) is 4.24. The van der Waals surface area contributed by atoms with Crippen LogP contribution < -0.4 is 4.74 Å². The Morgan fingerprint density at radius 1 is 1.33 bits per heavy atom. The highest BCUT2D eigenvalue weighted by Crippen LogP contribution is 2.23. The fourth-order valence-electron chi connectivity index (χ4n) is 1.88. The first-order valence-corrected chi connectivity index (χ1v) is 6.90. The molecule has 18 heavy (non-hydrogen) atoms. The van der Waals surface area contributed by atoms with E-state index in [0.29, 0.717) is 13.2 Å². The summed E-state index contributed by atoms with van der Waals surface area (Å²) in [4.78, 5) is 2.19. The number of hydrogen-bond acceptors (Lipinski definition) is 4. The van der Waals surface area contributed by atoms with Crippen LogP contribution in [0.1, 0.15) is 0 Å². The molecular weight excluding hydrogens is 298 g/mol. The summed E-state index contributed by atoms with van der Waals surface area (Å²) in [6.45, 7) is 4.20. The van der Waals surface area contributed by atoms with E-state index in [1.54, 1.807) is 0 Å². The van der Waals surface area contributed by atoms with Crippen molar-refractivity contribution in [3.63, 3.8) is 0 Å². The fraction of sp³-hybridized carbons (Fsp3) is 0.538. The van der Waals surface area contributed by atoms with E-state index in [1.165, 1.54) is 0 Å². The van der Waals surface area contributed by atoms with Crippen molar-refractivity contribution in [3.05, 3.63) is 28.7 Å². The number of aliphatic hydroxyl groups is 1. The van der Waals surface area contributed by atoms with Gasteiger partial charge in [-0.05, 0) is 28.1 Å². The van der Waals surface area contributed by atoms with E-state index in [-0.39, 0.29) is 0 Å². The molecule has 0 radical (unpaired) electrons. The number of benzene rings is 1. The van der Waals surface area contributed by atoms with Crippen molar-refractivity contribution in [2.75, 3.05) is 39.5 Å². The lowest BCUT2D eigenvalue weighted by Crippen LogP contribution is -2.42. The molecule has 1 atom stereocenters. The molecule has 4 nitrogen and oxygen atoms in total. The minimum atomic E-state index is -0.477. The fourth-order valence-corrected chi connectivity index (χ4v) is 2.28. The summed E-state index contributed by atoms with van der Waals surface area (Å²) in [6.07, 6.45) is -0.477. The third-order valence-electron chi connectivity index (χ3n) is 2.84. The van der Waals surface area contributed by atoms with Crippen LogP contribution in [0, 0.1) is 0 Å². The molecule has 1 aromatic carbocycles. The van der Waals surface area contributed by atoms with Crippen molar-refractivity contribution in [2.24, 2.45) is 0 Å². The number of rotatable bonds is 5. The minimum absolute atomic E-state index is 0.306. The van der Waals surface area contributed by atoms with E-state index < -0.39 is 6.10 Å². The third-order valence-corrected chi connectivity index (χ3v) is 3.50. The predicted octanol–water partition coefficient (Wildman–Crippen LogP) is 1.52. The van der Waals surface area contributed by atoms with Gasteiger partial charge in [-0.2, -0.15) is 0 Å². The molecule has 1 N–H and O–H groups in total. The van der Waals surface area contributed by atoms with Gasteiger partial charge in [-0.15, -0.1) is 0 Å². The minimum Gasteiger partial charge on any atom is -0.490 e. The van der Waals surface area contributed by atoms with Crippen molar-refractivity contribution in [1.29, 1.82) is 0 Å². The van der Waals surface area contributed by atoms with Gasteiger partial charge in [0.1, 0.15) is 18.5 Å². The zero-order chi connectivity index (χ0) is 12.8. The van der Waals surface area contributed by atoms with Gasteiger partial charge in [0.05, 0.1) is 17.7 Å². The summed E-state index contributed by atoms with van der Waals surface area (Å²) in [5, 5.41) is 9.93. The number of nitrogens with zero attached hydrogens (tertiary/aromatic N) is 1. The lowest BCUT2D eigenvalue weighted by atomic mass is 10.3. The van der Waals surface area contributed by atoms with Gasteiger partial charge < -0.3 is 14.6 Å². The second-order valence-corrected chi connectivity index (χ2v) is 5.16. The van der Waals surface area contributed by atoms with Gasteiger partial charge in [0.25, 0.3) is 0 Å².